The number of urea groups is 1. The van der Waals surface area contributed by atoms with Crippen molar-refractivity contribution in [3.63, 3.8) is 0 Å². The average Bonchev–Trinajstić information content (AvgIpc) is 2.62. The summed E-state index contributed by atoms with van der Waals surface area (Å²) in [5, 5.41) is 11.8. The fourth-order valence-corrected chi connectivity index (χ4v) is 1.89. The highest BCUT2D eigenvalue weighted by molar-refractivity contribution is 5.86. The summed E-state index contributed by atoms with van der Waals surface area (Å²) in [4.78, 5) is 24.3. The first kappa shape index (κ1) is 12.5. The van der Waals surface area contributed by atoms with E-state index >= 15 is 0 Å². The van der Waals surface area contributed by atoms with E-state index in [-0.39, 0.29) is 6.03 Å². The van der Waals surface area contributed by atoms with Gasteiger partial charge in [-0.05, 0) is 26.2 Å². The second-order valence-electron chi connectivity index (χ2n) is 4.14. The van der Waals surface area contributed by atoms with Crippen LogP contribution in [-0.2, 0) is 4.79 Å². The summed E-state index contributed by atoms with van der Waals surface area (Å²) in [6.07, 6.45) is 3.64. The zero-order chi connectivity index (χ0) is 12.2. The molecule has 1 aliphatic rings. The van der Waals surface area contributed by atoms with Gasteiger partial charge in [0.05, 0.1) is 0 Å². The number of carbonyl (C=O) groups excluding carboxylic acids is 1. The summed E-state index contributed by atoms with van der Waals surface area (Å²) >= 11 is 0. The third kappa shape index (κ3) is 2.35. The van der Waals surface area contributed by atoms with Crippen LogP contribution in [0.25, 0.3) is 0 Å². The summed E-state index contributed by atoms with van der Waals surface area (Å²) in [6, 6.07) is -0.302. The molecular formula is C11H18N2O3. The van der Waals surface area contributed by atoms with Crippen LogP contribution in [0, 0.1) is 0 Å². The largest absolute Gasteiger partial charge is 0.480 e. The van der Waals surface area contributed by atoms with E-state index in [0.717, 1.165) is 6.42 Å². The average molecular weight is 226 g/mol. The van der Waals surface area contributed by atoms with Crippen molar-refractivity contribution in [3.8, 4) is 0 Å². The van der Waals surface area contributed by atoms with Crippen LogP contribution >= 0.6 is 0 Å². The van der Waals surface area contributed by atoms with Gasteiger partial charge < -0.3 is 15.3 Å². The number of aliphatic carboxylic acids is 1. The second kappa shape index (κ2) is 5.01. The minimum absolute atomic E-state index is 0.302. The van der Waals surface area contributed by atoms with Gasteiger partial charge in [-0.3, -0.25) is 0 Å². The maximum atomic E-state index is 11.8. The van der Waals surface area contributed by atoms with Crippen LogP contribution in [0.4, 0.5) is 4.79 Å². The van der Waals surface area contributed by atoms with Crippen molar-refractivity contribution in [3.05, 3.63) is 12.7 Å². The van der Waals surface area contributed by atoms with Crippen LogP contribution < -0.4 is 5.32 Å². The minimum Gasteiger partial charge on any atom is -0.480 e. The molecular weight excluding hydrogens is 208 g/mol. The van der Waals surface area contributed by atoms with Crippen molar-refractivity contribution in [1.29, 1.82) is 0 Å². The molecule has 1 atom stereocenters. The third-order valence-electron chi connectivity index (χ3n) is 2.97. The molecule has 16 heavy (non-hydrogen) atoms. The van der Waals surface area contributed by atoms with E-state index in [2.05, 4.69) is 11.9 Å². The Morgan fingerprint density at radius 1 is 1.62 bits per heavy atom. The number of rotatable bonds is 4. The van der Waals surface area contributed by atoms with Crippen molar-refractivity contribution < 1.29 is 14.7 Å². The SMILES string of the molecule is C=CCCNC(=O)N1CCCC1(C)C(=O)O. The van der Waals surface area contributed by atoms with Crippen LogP contribution in [0.2, 0.25) is 0 Å². The molecule has 0 aliphatic carbocycles. The van der Waals surface area contributed by atoms with Gasteiger partial charge in [0.25, 0.3) is 0 Å². The highest BCUT2D eigenvalue weighted by Gasteiger charge is 2.45. The lowest BCUT2D eigenvalue weighted by atomic mass is 10.00. The number of nitrogens with one attached hydrogen (secondary N) is 1. The summed E-state index contributed by atoms with van der Waals surface area (Å²) in [5.41, 5.74) is -1.06. The molecule has 2 N–H and O–H groups in total. The zero-order valence-electron chi connectivity index (χ0n) is 9.53. The number of hydrogen-bond acceptors (Lipinski definition) is 2. The standard InChI is InChI=1S/C11H18N2O3/c1-3-4-7-12-10(16)13-8-5-6-11(13,2)9(14)15/h3H,1,4-8H2,2H3,(H,12,16)(H,14,15). The molecule has 5 nitrogen and oxygen atoms in total. The molecule has 1 fully saturated rings. The molecule has 5 heteroatoms. The topological polar surface area (TPSA) is 69.6 Å². The van der Waals surface area contributed by atoms with Crippen LogP contribution in [-0.4, -0.2) is 40.6 Å². The van der Waals surface area contributed by atoms with E-state index < -0.39 is 11.5 Å². The van der Waals surface area contributed by atoms with Gasteiger partial charge in [0.15, 0.2) is 0 Å². The molecule has 1 saturated heterocycles. The molecule has 0 saturated carbocycles. The van der Waals surface area contributed by atoms with E-state index in [1.165, 1.54) is 4.90 Å². The van der Waals surface area contributed by atoms with Gasteiger partial charge in [-0.2, -0.15) is 0 Å². The Bertz CT molecular complexity index is 304. The monoisotopic (exact) mass is 226 g/mol. The van der Waals surface area contributed by atoms with E-state index in [1.54, 1.807) is 13.0 Å². The predicted molar refractivity (Wildman–Crippen MR) is 60.2 cm³/mol. The molecule has 0 aromatic heterocycles. The van der Waals surface area contributed by atoms with Gasteiger partial charge in [-0.1, -0.05) is 6.08 Å². The minimum atomic E-state index is -1.06. The fourth-order valence-electron chi connectivity index (χ4n) is 1.89. The molecule has 90 valence electrons. The van der Waals surface area contributed by atoms with Crippen LogP contribution in [0.5, 0.6) is 0 Å². The number of likely N-dealkylation sites (tertiary alicyclic amines) is 1. The number of hydrogen-bond donors (Lipinski definition) is 2. The number of carboxylic acid groups (broad SMARTS) is 1. The summed E-state index contributed by atoms with van der Waals surface area (Å²) in [6.45, 7) is 6.14. The molecule has 0 bridgehead atoms. The quantitative estimate of drug-likeness (QED) is 0.559. The molecule has 1 unspecified atom stereocenters. The van der Waals surface area contributed by atoms with E-state index in [4.69, 9.17) is 5.11 Å². The van der Waals surface area contributed by atoms with Crippen molar-refractivity contribution in [2.24, 2.45) is 0 Å². The Labute approximate surface area is 95.1 Å². The molecule has 2 amide bonds. The van der Waals surface area contributed by atoms with E-state index in [9.17, 15) is 9.59 Å². The first-order valence-corrected chi connectivity index (χ1v) is 5.42. The maximum Gasteiger partial charge on any atom is 0.329 e. The van der Waals surface area contributed by atoms with Gasteiger partial charge in [-0.25, -0.2) is 9.59 Å². The van der Waals surface area contributed by atoms with Gasteiger partial charge in [0.1, 0.15) is 5.54 Å². The summed E-state index contributed by atoms with van der Waals surface area (Å²) in [5.74, 6) is -0.941. The van der Waals surface area contributed by atoms with Gasteiger partial charge >= 0.3 is 12.0 Å². The molecule has 1 heterocycles. The fraction of sp³-hybridized carbons (Fsp3) is 0.636. The summed E-state index contributed by atoms with van der Waals surface area (Å²) in [7, 11) is 0. The molecule has 0 aromatic carbocycles. The molecule has 0 aromatic rings. The van der Waals surface area contributed by atoms with Crippen LogP contribution in [0.3, 0.4) is 0 Å². The van der Waals surface area contributed by atoms with Crippen molar-refractivity contribution in [2.45, 2.75) is 31.7 Å². The molecule has 1 aliphatic heterocycles. The first-order chi connectivity index (χ1) is 7.52. The second-order valence-corrected chi connectivity index (χ2v) is 4.14. The van der Waals surface area contributed by atoms with Gasteiger partial charge in [0, 0.05) is 13.1 Å². The first-order valence-electron chi connectivity index (χ1n) is 5.42. The van der Waals surface area contributed by atoms with Gasteiger partial charge in [0.2, 0.25) is 0 Å². The Balaban J connectivity index is 2.61. The number of amides is 2. The van der Waals surface area contributed by atoms with Crippen molar-refractivity contribution in [2.75, 3.05) is 13.1 Å². The third-order valence-corrected chi connectivity index (χ3v) is 2.97. The smallest absolute Gasteiger partial charge is 0.329 e. The number of carbonyl (C=O) groups is 2. The normalized spacial score (nSPS) is 24.2. The van der Waals surface area contributed by atoms with Gasteiger partial charge in [-0.15, -0.1) is 6.58 Å². The maximum absolute atomic E-state index is 11.8. The highest BCUT2D eigenvalue weighted by atomic mass is 16.4. The van der Waals surface area contributed by atoms with Crippen molar-refractivity contribution in [1.82, 2.24) is 10.2 Å². The number of carboxylic acids is 1. The Morgan fingerprint density at radius 3 is 2.88 bits per heavy atom. The van der Waals surface area contributed by atoms with E-state index in [1.807, 2.05) is 0 Å². The molecule has 1 rings (SSSR count). The zero-order valence-corrected chi connectivity index (χ0v) is 9.53. The molecule has 0 spiro atoms. The highest BCUT2D eigenvalue weighted by Crippen LogP contribution is 2.28. The lowest BCUT2D eigenvalue weighted by molar-refractivity contribution is -0.147. The van der Waals surface area contributed by atoms with Crippen LogP contribution in [0.15, 0.2) is 12.7 Å². The Morgan fingerprint density at radius 2 is 2.31 bits per heavy atom. The lowest BCUT2D eigenvalue weighted by Crippen LogP contribution is -2.54. The Hall–Kier alpha value is -1.52. The summed E-state index contributed by atoms with van der Waals surface area (Å²) < 4.78 is 0. The predicted octanol–water partition coefficient (Wildman–Crippen LogP) is 1.21. The van der Waals surface area contributed by atoms with Crippen LogP contribution in [0.1, 0.15) is 26.2 Å². The lowest BCUT2D eigenvalue weighted by Gasteiger charge is -2.31. The Kier molecular flexibility index (Phi) is 3.93. The molecule has 0 radical (unpaired) electrons. The van der Waals surface area contributed by atoms with Crippen molar-refractivity contribution >= 4 is 12.0 Å². The number of nitrogens with zero attached hydrogens (tertiary/aromatic N) is 1. The van der Waals surface area contributed by atoms with E-state index in [0.29, 0.717) is 25.9 Å².